The van der Waals surface area contributed by atoms with E-state index in [0.29, 0.717) is 17.9 Å². The monoisotopic (exact) mass is 351 g/mol. The summed E-state index contributed by atoms with van der Waals surface area (Å²) in [4.78, 5) is 0. The largest absolute Gasteiger partial charge is 0.489 e. The van der Waals surface area contributed by atoms with Gasteiger partial charge in [-0.05, 0) is 44.7 Å². The molecule has 1 N–H and O–H groups in total. The van der Waals surface area contributed by atoms with Crippen LogP contribution in [0.15, 0.2) is 40.9 Å². The minimum atomic E-state index is -0.208. The van der Waals surface area contributed by atoms with Crippen LogP contribution in [0.4, 0.5) is 4.39 Å². The molecule has 21 heavy (non-hydrogen) atoms. The maximum Gasteiger partial charge on any atom is 0.126 e. The van der Waals surface area contributed by atoms with E-state index in [9.17, 15) is 4.39 Å². The highest BCUT2D eigenvalue weighted by molar-refractivity contribution is 9.10. The summed E-state index contributed by atoms with van der Waals surface area (Å²) < 4.78 is 20.7. The Labute approximate surface area is 133 Å². The zero-order chi connectivity index (χ0) is 15.4. The number of halogens is 2. The highest BCUT2D eigenvalue weighted by atomic mass is 79.9. The highest BCUT2D eigenvalue weighted by Crippen LogP contribution is 2.29. The Morgan fingerprint density at radius 1 is 1.29 bits per heavy atom. The lowest BCUT2D eigenvalue weighted by atomic mass is 10.0. The van der Waals surface area contributed by atoms with Crippen LogP contribution < -0.4 is 10.1 Å². The van der Waals surface area contributed by atoms with E-state index in [4.69, 9.17) is 4.74 Å². The molecule has 0 aromatic heterocycles. The summed E-state index contributed by atoms with van der Waals surface area (Å²) in [6, 6.07) is 11.2. The molecule has 0 radical (unpaired) electrons. The molecule has 112 valence electrons. The molecule has 0 aliphatic rings. The third-order valence-corrected chi connectivity index (χ3v) is 4.31. The van der Waals surface area contributed by atoms with Crippen molar-refractivity contribution in [1.82, 2.24) is 5.32 Å². The van der Waals surface area contributed by atoms with Crippen LogP contribution in [0.2, 0.25) is 0 Å². The number of hydrogen-bond acceptors (Lipinski definition) is 2. The SMILES string of the molecule is CNC(C)c1cc(F)c(C)cc1OCc1ccccc1Br. The van der Waals surface area contributed by atoms with E-state index in [1.165, 1.54) is 0 Å². The van der Waals surface area contributed by atoms with Crippen molar-refractivity contribution in [1.29, 1.82) is 0 Å². The molecule has 2 nitrogen and oxygen atoms in total. The Bertz CT molecular complexity index is 630. The quantitative estimate of drug-likeness (QED) is 0.838. The van der Waals surface area contributed by atoms with Crippen LogP contribution in [0.3, 0.4) is 0 Å². The van der Waals surface area contributed by atoms with Crippen LogP contribution in [0.25, 0.3) is 0 Å². The third-order valence-electron chi connectivity index (χ3n) is 3.53. The summed E-state index contributed by atoms with van der Waals surface area (Å²) in [6.07, 6.45) is 0. The van der Waals surface area contributed by atoms with E-state index in [1.54, 1.807) is 19.1 Å². The van der Waals surface area contributed by atoms with Crippen molar-refractivity contribution >= 4 is 15.9 Å². The summed E-state index contributed by atoms with van der Waals surface area (Å²) in [5.74, 6) is 0.506. The molecule has 1 atom stereocenters. The summed E-state index contributed by atoms with van der Waals surface area (Å²) in [5.41, 5.74) is 2.47. The Hall–Kier alpha value is -1.39. The van der Waals surface area contributed by atoms with Crippen LogP contribution in [0.5, 0.6) is 5.75 Å². The molecule has 0 bridgehead atoms. The molecule has 2 aromatic rings. The van der Waals surface area contributed by atoms with Crippen molar-refractivity contribution in [2.45, 2.75) is 26.5 Å². The van der Waals surface area contributed by atoms with Crippen molar-refractivity contribution in [3.05, 3.63) is 63.4 Å². The molecular weight excluding hydrogens is 333 g/mol. The third kappa shape index (κ3) is 3.83. The predicted octanol–water partition coefficient (Wildman–Crippen LogP) is 4.76. The fourth-order valence-electron chi connectivity index (χ4n) is 2.06. The number of ether oxygens (including phenoxy) is 1. The van der Waals surface area contributed by atoms with Gasteiger partial charge in [-0.15, -0.1) is 0 Å². The van der Waals surface area contributed by atoms with Crippen LogP contribution in [-0.2, 0) is 6.61 Å². The van der Waals surface area contributed by atoms with E-state index in [0.717, 1.165) is 15.6 Å². The Kier molecular flexibility index (Phi) is 5.37. The zero-order valence-corrected chi connectivity index (χ0v) is 14.0. The summed E-state index contributed by atoms with van der Waals surface area (Å²) in [7, 11) is 1.85. The number of benzene rings is 2. The van der Waals surface area contributed by atoms with E-state index in [-0.39, 0.29) is 11.9 Å². The summed E-state index contributed by atoms with van der Waals surface area (Å²) in [6.45, 7) is 4.17. The van der Waals surface area contributed by atoms with Gasteiger partial charge in [0.15, 0.2) is 0 Å². The first-order valence-corrected chi connectivity index (χ1v) is 7.65. The van der Waals surface area contributed by atoms with Gasteiger partial charge in [-0.3, -0.25) is 0 Å². The van der Waals surface area contributed by atoms with Crippen LogP contribution in [-0.4, -0.2) is 7.05 Å². The van der Waals surface area contributed by atoms with Gasteiger partial charge in [0.1, 0.15) is 18.2 Å². The Morgan fingerprint density at radius 2 is 2.00 bits per heavy atom. The Balaban J connectivity index is 2.26. The van der Waals surface area contributed by atoms with Crippen molar-refractivity contribution in [3.63, 3.8) is 0 Å². The van der Waals surface area contributed by atoms with Crippen molar-refractivity contribution < 1.29 is 9.13 Å². The van der Waals surface area contributed by atoms with Crippen LogP contribution in [0.1, 0.15) is 29.7 Å². The molecule has 0 aliphatic heterocycles. The van der Waals surface area contributed by atoms with Gasteiger partial charge >= 0.3 is 0 Å². The van der Waals surface area contributed by atoms with Gasteiger partial charge in [-0.2, -0.15) is 0 Å². The molecule has 0 saturated heterocycles. The molecule has 0 heterocycles. The fourth-order valence-corrected chi connectivity index (χ4v) is 2.46. The van der Waals surface area contributed by atoms with E-state index < -0.39 is 0 Å². The van der Waals surface area contributed by atoms with E-state index >= 15 is 0 Å². The lowest BCUT2D eigenvalue weighted by Gasteiger charge is -2.18. The van der Waals surface area contributed by atoms with Crippen molar-refractivity contribution in [3.8, 4) is 5.75 Å². The van der Waals surface area contributed by atoms with Crippen LogP contribution >= 0.6 is 15.9 Å². The lowest BCUT2D eigenvalue weighted by molar-refractivity contribution is 0.298. The second-order valence-electron chi connectivity index (χ2n) is 5.03. The second kappa shape index (κ2) is 7.05. The van der Waals surface area contributed by atoms with Gasteiger partial charge < -0.3 is 10.1 Å². The van der Waals surface area contributed by atoms with Gasteiger partial charge in [0, 0.05) is 21.6 Å². The van der Waals surface area contributed by atoms with E-state index in [1.807, 2.05) is 38.2 Å². The molecule has 0 spiro atoms. The average molecular weight is 352 g/mol. The minimum Gasteiger partial charge on any atom is -0.489 e. The molecule has 0 fully saturated rings. The number of nitrogens with one attached hydrogen (secondary N) is 1. The molecule has 2 aromatic carbocycles. The first-order chi connectivity index (χ1) is 10.0. The molecule has 1 unspecified atom stereocenters. The van der Waals surface area contributed by atoms with Crippen molar-refractivity contribution in [2.75, 3.05) is 7.05 Å². The summed E-state index contributed by atoms with van der Waals surface area (Å²) >= 11 is 3.50. The van der Waals surface area contributed by atoms with E-state index in [2.05, 4.69) is 21.2 Å². The maximum absolute atomic E-state index is 13.8. The highest BCUT2D eigenvalue weighted by Gasteiger charge is 2.14. The molecule has 4 heteroatoms. The topological polar surface area (TPSA) is 21.3 Å². The first kappa shape index (κ1) is 16.0. The van der Waals surface area contributed by atoms with Gasteiger partial charge in [0.25, 0.3) is 0 Å². The minimum absolute atomic E-state index is 0.0225. The standard InChI is InChI=1S/C17H19BrFNO/c1-11-8-17(14(9-16(11)19)12(2)20-3)21-10-13-6-4-5-7-15(13)18/h4-9,12,20H,10H2,1-3H3. The molecule has 2 rings (SSSR count). The first-order valence-electron chi connectivity index (χ1n) is 6.86. The molecule has 0 amide bonds. The van der Waals surface area contributed by atoms with Crippen molar-refractivity contribution in [2.24, 2.45) is 0 Å². The maximum atomic E-state index is 13.8. The smallest absolute Gasteiger partial charge is 0.126 e. The van der Waals surface area contributed by atoms with Gasteiger partial charge in [0.05, 0.1) is 0 Å². The molecule has 0 saturated carbocycles. The summed E-state index contributed by atoms with van der Waals surface area (Å²) in [5, 5.41) is 3.12. The zero-order valence-electron chi connectivity index (χ0n) is 12.4. The number of hydrogen-bond donors (Lipinski definition) is 1. The average Bonchev–Trinajstić information content (AvgIpc) is 2.48. The number of rotatable bonds is 5. The normalized spacial score (nSPS) is 12.2. The van der Waals surface area contributed by atoms with Crippen LogP contribution in [0, 0.1) is 12.7 Å². The fraction of sp³-hybridized carbons (Fsp3) is 0.294. The molecule has 0 aliphatic carbocycles. The van der Waals surface area contributed by atoms with Gasteiger partial charge in [-0.1, -0.05) is 34.1 Å². The molecular formula is C17H19BrFNO. The predicted molar refractivity (Wildman–Crippen MR) is 87.1 cm³/mol. The Morgan fingerprint density at radius 3 is 2.67 bits per heavy atom. The lowest BCUT2D eigenvalue weighted by Crippen LogP contribution is -2.14. The number of aryl methyl sites for hydroxylation is 1. The second-order valence-corrected chi connectivity index (χ2v) is 5.88. The van der Waals surface area contributed by atoms with Gasteiger partial charge in [-0.25, -0.2) is 4.39 Å². The van der Waals surface area contributed by atoms with Gasteiger partial charge in [0.2, 0.25) is 0 Å².